The number of benzene rings is 4. The van der Waals surface area contributed by atoms with Crippen molar-refractivity contribution in [1.29, 1.82) is 0 Å². The largest absolute Gasteiger partial charge is 0.457 e. The van der Waals surface area contributed by atoms with Crippen LogP contribution in [0, 0.1) is 0 Å². The van der Waals surface area contributed by atoms with Gasteiger partial charge >= 0.3 is 12.1 Å². The van der Waals surface area contributed by atoms with Crippen molar-refractivity contribution in [3.63, 3.8) is 0 Å². The Hall–Kier alpha value is -3.71. The zero-order valence-electron chi connectivity index (χ0n) is 17.9. The lowest BCUT2D eigenvalue weighted by molar-refractivity contribution is -0.161. The van der Waals surface area contributed by atoms with Crippen LogP contribution in [-0.2, 0) is 15.6 Å². The Labute approximate surface area is 198 Å². The molecule has 4 rings (SSSR count). The molecular formula is C27H20F3O3S+. The molecule has 0 bridgehead atoms. The van der Waals surface area contributed by atoms with Crippen LogP contribution in [0.5, 0.6) is 11.5 Å². The van der Waals surface area contributed by atoms with E-state index in [0.29, 0.717) is 16.4 Å². The Morgan fingerprint density at radius 3 is 1.76 bits per heavy atom. The maximum atomic E-state index is 12.9. The number of carbonyl (C=O) groups excluding carboxylic acids is 1. The third-order valence-electron chi connectivity index (χ3n) is 4.69. The summed E-state index contributed by atoms with van der Waals surface area (Å²) in [5, 5.41) is 0. The summed E-state index contributed by atoms with van der Waals surface area (Å²) in [7, 11) is -0.764. The normalized spacial score (nSPS) is 11.3. The van der Waals surface area contributed by atoms with E-state index in [1.54, 1.807) is 36.4 Å². The van der Waals surface area contributed by atoms with E-state index in [9.17, 15) is 18.0 Å². The average molecular weight is 482 g/mol. The van der Waals surface area contributed by atoms with Gasteiger partial charge < -0.3 is 9.47 Å². The lowest BCUT2D eigenvalue weighted by atomic mass is 10.2. The number of esters is 1. The summed E-state index contributed by atoms with van der Waals surface area (Å²) in [6, 6.07) is 32.8. The molecule has 0 saturated heterocycles. The fraction of sp³-hybridized carbons (Fsp3) is 0.0741. The maximum absolute atomic E-state index is 12.9. The monoisotopic (exact) mass is 481 g/mol. The Morgan fingerprint density at radius 1 is 0.706 bits per heavy atom. The lowest BCUT2D eigenvalue weighted by Crippen LogP contribution is -2.21. The van der Waals surface area contributed by atoms with Crippen LogP contribution in [0.3, 0.4) is 0 Å². The third kappa shape index (κ3) is 5.99. The van der Waals surface area contributed by atoms with Gasteiger partial charge in [0.1, 0.15) is 28.0 Å². The van der Waals surface area contributed by atoms with E-state index in [1.165, 1.54) is 6.07 Å². The van der Waals surface area contributed by atoms with Gasteiger partial charge in [-0.25, -0.2) is 4.79 Å². The van der Waals surface area contributed by atoms with E-state index >= 15 is 0 Å². The highest BCUT2D eigenvalue weighted by atomic mass is 32.2. The molecule has 0 aliphatic carbocycles. The summed E-state index contributed by atoms with van der Waals surface area (Å²) in [5.74, 6) is -0.205. The minimum Gasteiger partial charge on any atom is -0.457 e. The van der Waals surface area contributed by atoms with Crippen LogP contribution in [0.1, 0.15) is 10.4 Å². The van der Waals surface area contributed by atoms with Crippen LogP contribution in [-0.4, -0.2) is 18.8 Å². The molecule has 4 aromatic rings. The van der Waals surface area contributed by atoms with Crippen molar-refractivity contribution in [1.82, 2.24) is 0 Å². The van der Waals surface area contributed by atoms with Gasteiger partial charge in [-0.05, 0) is 48.5 Å². The summed E-state index contributed by atoms with van der Waals surface area (Å²) in [4.78, 5) is 15.3. The zero-order chi connectivity index (χ0) is 24.0. The molecule has 0 heterocycles. The quantitative estimate of drug-likeness (QED) is 0.205. The Balaban J connectivity index is 1.81. The molecule has 0 aliphatic heterocycles. The lowest BCUT2D eigenvalue weighted by Gasteiger charge is -2.14. The first-order chi connectivity index (χ1) is 16.4. The molecule has 0 amide bonds. The topological polar surface area (TPSA) is 35.5 Å². The molecule has 172 valence electrons. The number of para-hydroxylation sites is 1. The van der Waals surface area contributed by atoms with E-state index in [0.717, 1.165) is 9.79 Å². The van der Waals surface area contributed by atoms with Crippen LogP contribution < -0.4 is 4.74 Å². The third-order valence-corrected chi connectivity index (χ3v) is 6.98. The average Bonchev–Trinajstić information content (AvgIpc) is 2.85. The van der Waals surface area contributed by atoms with Gasteiger partial charge in [0.25, 0.3) is 0 Å². The van der Waals surface area contributed by atoms with E-state index in [4.69, 9.17) is 4.74 Å². The number of halogens is 3. The zero-order valence-corrected chi connectivity index (χ0v) is 18.7. The van der Waals surface area contributed by atoms with Gasteiger partial charge in [0.05, 0.1) is 0 Å². The molecule has 0 fully saturated rings. The van der Waals surface area contributed by atoms with Crippen molar-refractivity contribution in [2.24, 2.45) is 0 Å². The molecule has 3 nitrogen and oxygen atoms in total. The van der Waals surface area contributed by atoms with Gasteiger partial charge in [0, 0.05) is 6.07 Å². The number of ether oxygens (including phenoxy) is 2. The SMILES string of the molecule is O=C(OCC(F)(F)F)c1cc(Oc2ccccc2)ccc1[S+](c1ccccc1)c1ccccc1. The van der Waals surface area contributed by atoms with Crippen LogP contribution in [0.4, 0.5) is 13.2 Å². The second-order valence-electron chi connectivity index (χ2n) is 7.20. The van der Waals surface area contributed by atoms with Gasteiger partial charge in [-0.15, -0.1) is 0 Å². The first-order valence-electron chi connectivity index (χ1n) is 10.4. The standard InChI is InChI=1S/C27H20F3O3S/c28-27(29,30)19-32-26(31)24-18-21(33-20-10-4-1-5-11-20)16-17-25(24)34(22-12-6-2-7-13-22)23-14-8-3-9-15-23/h1-18H,19H2/q+1. The Bertz CT molecular complexity index is 1190. The molecule has 7 heteroatoms. The molecule has 4 aromatic carbocycles. The minimum absolute atomic E-state index is 0.0220. The highest BCUT2D eigenvalue weighted by Crippen LogP contribution is 2.36. The van der Waals surface area contributed by atoms with Gasteiger partial charge in [-0.2, -0.15) is 13.2 Å². The van der Waals surface area contributed by atoms with Crippen molar-refractivity contribution >= 4 is 16.9 Å². The van der Waals surface area contributed by atoms with Gasteiger partial charge in [0.15, 0.2) is 21.3 Å². The molecular weight excluding hydrogens is 461 g/mol. The van der Waals surface area contributed by atoms with Gasteiger partial charge in [-0.3, -0.25) is 0 Å². The number of rotatable bonds is 7. The molecule has 0 radical (unpaired) electrons. The fourth-order valence-electron chi connectivity index (χ4n) is 3.26. The molecule has 0 atom stereocenters. The van der Waals surface area contributed by atoms with Crippen molar-refractivity contribution in [3.8, 4) is 11.5 Å². The minimum atomic E-state index is -4.63. The molecule has 0 spiro atoms. The first-order valence-corrected chi connectivity index (χ1v) is 11.6. The van der Waals surface area contributed by atoms with E-state index in [-0.39, 0.29) is 5.56 Å². The summed E-state index contributed by atoms with van der Waals surface area (Å²) >= 11 is 0. The van der Waals surface area contributed by atoms with E-state index < -0.39 is 29.6 Å². The predicted molar refractivity (Wildman–Crippen MR) is 124 cm³/mol. The van der Waals surface area contributed by atoms with Crippen LogP contribution in [0.25, 0.3) is 0 Å². The Kier molecular flexibility index (Phi) is 7.23. The number of carbonyl (C=O) groups is 1. The number of hydrogen-bond acceptors (Lipinski definition) is 3. The van der Waals surface area contributed by atoms with Crippen molar-refractivity contribution in [3.05, 3.63) is 115 Å². The van der Waals surface area contributed by atoms with Gasteiger partial charge in [0.2, 0.25) is 0 Å². The second kappa shape index (κ2) is 10.5. The maximum Gasteiger partial charge on any atom is 0.422 e. The first kappa shape index (κ1) is 23.4. The number of alkyl halides is 3. The van der Waals surface area contributed by atoms with Gasteiger partial charge in [-0.1, -0.05) is 54.6 Å². The number of hydrogen-bond donors (Lipinski definition) is 0. The van der Waals surface area contributed by atoms with Crippen molar-refractivity contribution < 1.29 is 27.4 Å². The summed E-state index contributed by atoms with van der Waals surface area (Å²) in [6.07, 6.45) is -4.63. The van der Waals surface area contributed by atoms with E-state index in [2.05, 4.69) is 4.74 Å². The molecule has 0 saturated carbocycles. The fourth-order valence-corrected chi connectivity index (χ4v) is 5.47. The highest BCUT2D eigenvalue weighted by Gasteiger charge is 2.36. The summed E-state index contributed by atoms with van der Waals surface area (Å²) < 4.78 is 48.8. The molecule has 0 aliphatic rings. The second-order valence-corrected chi connectivity index (χ2v) is 9.19. The van der Waals surface area contributed by atoms with Crippen LogP contribution >= 0.6 is 0 Å². The predicted octanol–water partition coefficient (Wildman–Crippen LogP) is 7.29. The Morgan fingerprint density at radius 2 is 1.24 bits per heavy atom. The van der Waals surface area contributed by atoms with Crippen LogP contribution in [0.2, 0.25) is 0 Å². The van der Waals surface area contributed by atoms with Crippen molar-refractivity contribution in [2.75, 3.05) is 6.61 Å². The molecule has 0 unspecified atom stereocenters. The highest BCUT2D eigenvalue weighted by molar-refractivity contribution is 7.97. The molecule has 0 N–H and O–H groups in total. The van der Waals surface area contributed by atoms with Crippen LogP contribution in [0.15, 0.2) is 124 Å². The molecule has 34 heavy (non-hydrogen) atoms. The smallest absolute Gasteiger partial charge is 0.422 e. The summed E-state index contributed by atoms with van der Waals surface area (Å²) in [5.41, 5.74) is 0.0220. The summed E-state index contributed by atoms with van der Waals surface area (Å²) in [6.45, 7) is -1.67. The molecule has 0 aromatic heterocycles. The van der Waals surface area contributed by atoms with E-state index in [1.807, 2.05) is 66.7 Å². The van der Waals surface area contributed by atoms with Crippen molar-refractivity contribution in [2.45, 2.75) is 20.9 Å².